The molecule has 4 aromatic carbocycles. The number of nitrogens with two attached hydrogens (primary N) is 2. The number of benzene rings is 4. The maximum atomic E-state index is 13.6. The quantitative estimate of drug-likeness (QED) is 0.127. The standard InChI is InChI=1S/C35H36N2O4/c1-3-5-7-11-23-16-20-25(21-17-23)41-35-31(37)29-28(32(38)26-12-8-9-13-27(26)33(29)39)30(36)34(35)40-24-18-14-22(15-19-24)10-6-4-2/h8-9,12-21H,3-7,10-11,36-37H2,1-2H3. The van der Waals surface area contributed by atoms with Gasteiger partial charge in [-0.2, -0.15) is 0 Å². The Morgan fingerprint density at radius 3 is 1.39 bits per heavy atom. The van der Waals surface area contributed by atoms with Gasteiger partial charge in [0.1, 0.15) is 11.5 Å². The molecule has 41 heavy (non-hydrogen) atoms. The first kappa shape index (κ1) is 28.0. The van der Waals surface area contributed by atoms with Crippen LogP contribution in [0.2, 0.25) is 0 Å². The van der Waals surface area contributed by atoms with E-state index in [-0.39, 0.29) is 56.7 Å². The molecule has 5 rings (SSSR count). The molecule has 0 bridgehead atoms. The summed E-state index contributed by atoms with van der Waals surface area (Å²) in [6.45, 7) is 4.34. The Morgan fingerprint density at radius 2 is 0.976 bits per heavy atom. The van der Waals surface area contributed by atoms with Gasteiger partial charge in [-0.15, -0.1) is 0 Å². The molecule has 0 radical (unpaired) electrons. The molecular weight excluding hydrogens is 512 g/mol. The fourth-order valence-corrected chi connectivity index (χ4v) is 5.21. The number of nitrogen functional groups attached to an aromatic ring is 2. The number of ketones is 2. The Morgan fingerprint density at radius 1 is 0.561 bits per heavy atom. The normalized spacial score (nSPS) is 12.1. The minimum absolute atomic E-state index is 0.0169. The predicted octanol–water partition coefficient (Wildman–Crippen LogP) is 8.29. The van der Waals surface area contributed by atoms with E-state index in [1.807, 2.05) is 48.5 Å². The smallest absolute Gasteiger partial charge is 0.196 e. The van der Waals surface area contributed by atoms with Crippen LogP contribution in [0.4, 0.5) is 11.4 Å². The van der Waals surface area contributed by atoms with Crippen molar-refractivity contribution in [3.8, 4) is 23.0 Å². The van der Waals surface area contributed by atoms with E-state index in [1.165, 1.54) is 17.5 Å². The Labute approximate surface area is 241 Å². The van der Waals surface area contributed by atoms with Gasteiger partial charge in [-0.25, -0.2) is 0 Å². The molecular formula is C35H36N2O4. The molecule has 1 aliphatic carbocycles. The summed E-state index contributed by atoms with van der Waals surface area (Å²) in [5.74, 6) is 0.502. The van der Waals surface area contributed by atoms with Crippen molar-refractivity contribution in [3.05, 3.63) is 106 Å². The highest BCUT2D eigenvalue weighted by Crippen LogP contribution is 2.50. The lowest BCUT2D eigenvalue weighted by molar-refractivity contribution is 0.0980. The van der Waals surface area contributed by atoms with Crippen molar-refractivity contribution in [3.63, 3.8) is 0 Å². The van der Waals surface area contributed by atoms with Crippen molar-refractivity contribution in [1.82, 2.24) is 0 Å². The fourth-order valence-electron chi connectivity index (χ4n) is 5.21. The van der Waals surface area contributed by atoms with Gasteiger partial charge in [0.2, 0.25) is 0 Å². The first-order chi connectivity index (χ1) is 19.9. The minimum atomic E-state index is -0.373. The maximum Gasteiger partial charge on any atom is 0.196 e. The number of fused-ring (bicyclic) bond motifs is 2. The zero-order valence-corrected chi connectivity index (χ0v) is 23.7. The fraction of sp³-hybridized carbons (Fsp3) is 0.257. The van der Waals surface area contributed by atoms with Crippen LogP contribution in [0.15, 0.2) is 72.8 Å². The van der Waals surface area contributed by atoms with Crippen LogP contribution < -0.4 is 20.9 Å². The van der Waals surface area contributed by atoms with Crippen molar-refractivity contribution >= 4 is 22.9 Å². The number of carbonyl (C=O) groups is 2. The number of anilines is 2. The third-order valence-electron chi connectivity index (χ3n) is 7.53. The van der Waals surface area contributed by atoms with Gasteiger partial charge < -0.3 is 20.9 Å². The van der Waals surface area contributed by atoms with E-state index < -0.39 is 0 Å². The summed E-state index contributed by atoms with van der Waals surface area (Å²) in [5.41, 5.74) is 16.4. The Hall–Kier alpha value is -4.58. The van der Waals surface area contributed by atoms with Gasteiger partial charge in [0.15, 0.2) is 23.1 Å². The van der Waals surface area contributed by atoms with Gasteiger partial charge in [0.05, 0.1) is 22.5 Å². The zero-order valence-electron chi connectivity index (χ0n) is 23.7. The molecule has 0 fully saturated rings. The van der Waals surface area contributed by atoms with Gasteiger partial charge in [0, 0.05) is 11.1 Å². The van der Waals surface area contributed by atoms with Crippen LogP contribution in [0.3, 0.4) is 0 Å². The lowest BCUT2D eigenvalue weighted by Gasteiger charge is -2.25. The molecule has 6 heteroatoms. The monoisotopic (exact) mass is 548 g/mol. The predicted molar refractivity (Wildman–Crippen MR) is 163 cm³/mol. The molecule has 0 saturated carbocycles. The van der Waals surface area contributed by atoms with Gasteiger partial charge in [-0.1, -0.05) is 81.6 Å². The molecule has 0 amide bonds. The highest BCUT2D eigenvalue weighted by Gasteiger charge is 2.37. The van der Waals surface area contributed by atoms with Crippen LogP contribution in [0.25, 0.3) is 0 Å². The molecule has 4 N–H and O–H groups in total. The summed E-state index contributed by atoms with van der Waals surface area (Å²) in [6, 6.07) is 22.2. The van der Waals surface area contributed by atoms with Crippen molar-refractivity contribution in [1.29, 1.82) is 0 Å². The summed E-state index contributed by atoms with van der Waals surface area (Å²) in [5, 5.41) is 0. The number of ether oxygens (including phenoxy) is 2. The molecule has 0 saturated heterocycles. The number of hydrogen-bond acceptors (Lipinski definition) is 6. The third kappa shape index (κ3) is 5.68. The summed E-state index contributed by atoms with van der Waals surface area (Å²) in [4.78, 5) is 27.2. The molecule has 4 aromatic rings. The van der Waals surface area contributed by atoms with Crippen LogP contribution in [0, 0.1) is 0 Å². The average molecular weight is 549 g/mol. The third-order valence-corrected chi connectivity index (χ3v) is 7.53. The summed E-state index contributed by atoms with van der Waals surface area (Å²) < 4.78 is 12.6. The van der Waals surface area contributed by atoms with E-state index in [0.717, 1.165) is 38.5 Å². The Bertz CT molecular complexity index is 1570. The SMILES string of the molecule is CCCCCc1ccc(Oc2c(N)c3c(c(N)c2Oc2ccc(CCCC)cc2)C(=O)c2ccccc2C3=O)cc1. The summed E-state index contributed by atoms with van der Waals surface area (Å²) >= 11 is 0. The Balaban J connectivity index is 1.57. The van der Waals surface area contributed by atoms with Crippen LogP contribution in [0.1, 0.15) is 88.9 Å². The number of hydrogen-bond donors (Lipinski definition) is 2. The molecule has 6 nitrogen and oxygen atoms in total. The topological polar surface area (TPSA) is 105 Å². The van der Waals surface area contributed by atoms with Crippen LogP contribution in [0.5, 0.6) is 23.0 Å². The van der Waals surface area contributed by atoms with Gasteiger partial charge in [-0.3, -0.25) is 9.59 Å². The number of aryl methyl sites for hydroxylation is 2. The van der Waals surface area contributed by atoms with Crippen molar-refractivity contribution in [2.75, 3.05) is 11.5 Å². The average Bonchev–Trinajstić information content (AvgIpc) is 3.00. The van der Waals surface area contributed by atoms with Gasteiger partial charge in [0.25, 0.3) is 0 Å². The van der Waals surface area contributed by atoms with Gasteiger partial charge in [-0.05, 0) is 61.1 Å². The lowest BCUT2D eigenvalue weighted by Crippen LogP contribution is -2.24. The van der Waals surface area contributed by atoms with Crippen molar-refractivity contribution in [2.45, 2.75) is 58.8 Å². The highest BCUT2D eigenvalue weighted by atomic mass is 16.5. The van der Waals surface area contributed by atoms with E-state index in [4.69, 9.17) is 20.9 Å². The molecule has 0 spiro atoms. The van der Waals surface area contributed by atoms with Crippen LogP contribution in [-0.4, -0.2) is 11.6 Å². The van der Waals surface area contributed by atoms with E-state index in [2.05, 4.69) is 13.8 Å². The van der Waals surface area contributed by atoms with E-state index in [0.29, 0.717) is 11.5 Å². The zero-order chi connectivity index (χ0) is 28.9. The van der Waals surface area contributed by atoms with E-state index >= 15 is 0 Å². The summed E-state index contributed by atoms with van der Waals surface area (Å²) in [6.07, 6.45) is 7.64. The molecule has 1 aliphatic rings. The molecule has 0 atom stereocenters. The number of carbonyl (C=O) groups excluding carboxylic acids is 2. The molecule has 0 aromatic heterocycles. The van der Waals surface area contributed by atoms with Crippen LogP contribution in [-0.2, 0) is 12.8 Å². The second kappa shape index (κ2) is 12.3. The van der Waals surface area contributed by atoms with Crippen molar-refractivity contribution < 1.29 is 19.1 Å². The van der Waals surface area contributed by atoms with Crippen molar-refractivity contribution in [2.24, 2.45) is 0 Å². The number of unbranched alkanes of at least 4 members (excludes halogenated alkanes) is 3. The molecule has 210 valence electrons. The number of rotatable bonds is 11. The molecule has 0 aliphatic heterocycles. The second-order valence-corrected chi connectivity index (χ2v) is 10.5. The van der Waals surface area contributed by atoms with Crippen LogP contribution >= 0.6 is 0 Å². The molecule has 0 heterocycles. The highest BCUT2D eigenvalue weighted by molar-refractivity contribution is 6.32. The maximum absolute atomic E-state index is 13.6. The lowest BCUT2D eigenvalue weighted by atomic mass is 9.82. The minimum Gasteiger partial charge on any atom is -0.451 e. The second-order valence-electron chi connectivity index (χ2n) is 10.5. The van der Waals surface area contributed by atoms with E-state index in [9.17, 15) is 9.59 Å². The first-order valence-corrected chi connectivity index (χ1v) is 14.4. The molecule has 0 unspecified atom stereocenters. The van der Waals surface area contributed by atoms with Gasteiger partial charge >= 0.3 is 0 Å². The Kier molecular flexibility index (Phi) is 8.39. The largest absolute Gasteiger partial charge is 0.451 e. The van der Waals surface area contributed by atoms with E-state index in [1.54, 1.807) is 24.3 Å². The summed E-state index contributed by atoms with van der Waals surface area (Å²) in [7, 11) is 0. The first-order valence-electron chi connectivity index (χ1n) is 14.4.